The molecule has 60 heavy (non-hydrogen) atoms. The summed E-state index contributed by atoms with van der Waals surface area (Å²) in [7, 11) is 1.90. The molecule has 5 heterocycles. The minimum Gasteiger partial charge on any atom is -0.480 e. The number of hydrogen-bond acceptors (Lipinski definition) is 11. The zero-order valence-corrected chi connectivity index (χ0v) is 37.0. The highest BCUT2D eigenvalue weighted by Gasteiger charge is 2.65. The second-order valence-electron chi connectivity index (χ2n) is 18.9. The summed E-state index contributed by atoms with van der Waals surface area (Å²) in [4.78, 5) is 37.6. The van der Waals surface area contributed by atoms with Crippen LogP contribution >= 0.6 is 11.3 Å². The molecule has 5 aliphatic rings. The SMILES string of the molecule is CC.Cc1c(Nc2nc3ccccc3s2)nnc2c1CCCN2c1ccc(-c2cnn(CC34CC5(C)CC(C)(CC(CCCN(C)CC(=O)O)(C5)C3)C4)c2C)c(C(=O)O)n1. The van der Waals surface area contributed by atoms with E-state index in [0.29, 0.717) is 29.6 Å². The maximum atomic E-state index is 12.9. The number of likely N-dealkylation sites (N-methyl/N-ethyl adjacent to an activating group) is 1. The molecule has 0 radical (unpaired) electrons. The largest absolute Gasteiger partial charge is 0.480 e. The van der Waals surface area contributed by atoms with Crippen LogP contribution < -0.4 is 10.2 Å². The predicted octanol–water partition coefficient (Wildman–Crippen LogP) is 9.68. The van der Waals surface area contributed by atoms with Gasteiger partial charge in [0.2, 0.25) is 0 Å². The molecule has 14 heteroatoms. The van der Waals surface area contributed by atoms with Crippen LogP contribution in [-0.2, 0) is 17.8 Å². The van der Waals surface area contributed by atoms with Crippen molar-refractivity contribution in [2.24, 2.45) is 21.7 Å². The molecule has 0 amide bonds. The Morgan fingerprint density at radius 2 is 1.65 bits per heavy atom. The molecule has 10 rings (SSSR count). The molecule has 4 saturated carbocycles. The van der Waals surface area contributed by atoms with E-state index in [4.69, 9.17) is 15.1 Å². The average Bonchev–Trinajstić information content (AvgIpc) is 3.76. The lowest BCUT2D eigenvalue weighted by atomic mass is 9.35. The third-order valence-corrected chi connectivity index (χ3v) is 14.6. The molecule has 4 bridgehead atoms. The first-order valence-corrected chi connectivity index (χ1v) is 22.4. The number of pyridine rings is 1. The fourth-order valence-electron chi connectivity index (χ4n) is 12.8. The first kappa shape index (κ1) is 41.8. The Morgan fingerprint density at radius 1 is 0.917 bits per heavy atom. The van der Waals surface area contributed by atoms with Crippen molar-refractivity contribution in [3.63, 3.8) is 0 Å². The Labute approximate surface area is 356 Å². The van der Waals surface area contributed by atoms with Crippen LogP contribution in [0, 0.1) is 35.5 Å². The monoisotopic (exact) mass is 833 g/mol. The molecule has 2 unspecified atom stereocenters. The van der Waals surface area contributed by atoms with Gasteiger partial charge in [-0.25, -0.2) is 14.8 Å². The summed E-state index contributed by atoms with van der Waals surface area (Å²) in [6, 6.07) is 11.8. The Bertz CT molecular complexity index is 2390. The van der Waals surface area contributed by atoms with E-state index in [1.165, 1.54) is 32.1 Å². The highest BCUT2D eigenvalue weighted by Crippen LogP contribution is 2.75. The van der Waals surface area contributed by atoms with Gasteiger partial charge in [-0.2, -0.15) is 5.10 Å². The van der Waals surface area contributed by atoms with Gasteiger partial charge in [-0.3, -0.25) is 14.4 Å². The third-order valence-electron chi connectivity index (χ3n) is 13.6. The van der Waals surface area contributed by atoms with E-state index in [9.17, 15) is 19.8 Å². The minimum absolute atomic E-state index is 0.00674. The molecule has 0 spiro atoms. The van der Waals surface area contributed by atoms with Crippen molar-refractivity contribution in [2.45, 2.75) is 112 Å². The molecular formula is C46H59N9O4S. The molecule has 1 aromatic carbocycles. The molecule has 318 valence electrons. The number of rotatable bonds is 13. The summed E-state index contributed by atoms with van der Waals surface area (Å²) in [6.45, 7) is 15.4. The van der Waals surface area contributed by atoms with Gasteiger partial charge in [0.05, 0.1) is 23.0 Å². The second kappa shape index (κ2) is 15.8. The number of fused-ring (bicyclic) bond motifs is 2. The van der Waals surface area contributed by atoms with Gasteiger partial charge in [-0.15, -0.1) is 10.2 Å². The normalized spacial score (nSPS) is 25.3. The quantitative estimate of drug-likeness (QED) is 0.103. The Kier molecular flexibility index (Phi) is 11.0. The van der Waals surface area contributed by atoms with Gasteiger partial charge >= 0.3 is 11.9 Å². The molecule has 5 aromatic rings. The lowest BCUT2D eigenvalue weighted by molar-refractivity contribution is -0.198. The summed E-state index contributed by atoms with van der Waals surface area (Å²) in [6.07, 6.45) is 12.8. The number of aromatic carboxylic acids is 1. The maximum Gasteiger partial charge on any atom is 0.355 e. The fourth-order valence-corrected chi connectivity index (χ4v) is 13.6. The lowest BCUT2D eigenvalue weighted by Crippen LogP contribution is -2.60. The van der Waals surface area contributed by atoms with Crippen molar-refractivity contribution in [1.29, 1.82) is 0 Å². The van der Waals surface area contributed by atoms with Crippen LogP contribution in [0.4, 0.5) is 22.6 Å². The Balaban J connectivity index is 0.00000246. The molecule has 2 atom stereocenters. The molecule has 4 fully saturated rings. The number of benzene rings is 1. The Hall–Kier alpha value is -4.95. The summed E-state index contributed by atoms with van der Waals surface area (Å²) < 4.78 is 3.22. The molecule has 13 nitrogen and oxygen atoms in total. The summed E-state index contributed by atoms with van der Waals surface area (Å²) in [5, 5.41) is 38.2. The van der Waals surface area contributed by atoms with Crippen LogP contribution in [-0.4, -0.2) is 83.7 Å². The van der Waals surface area contributed by atoms with Crippen LogP contribution in [0.5, 0.6) is 0 Å². The van der Waals surface area contributed by atoms with Gasteiger partial charge in [0.15, 0.2) is 22.5 Å². The molecule has 4 aromatic heterocycles. The van der Waals surface area contributed by atoms with Crippen LogP contribution in [0.3, 0.4) is 0 Å². The number of carbonyl (C=O) groups is 2. The fraction of sp³-hybridized carbons (Fsp3) is 0.543. The lowest BCUT2D eigenvalue weighted by Gasteiger charge is -2.70. The Morgan fingerprint density at radius 3 is 2.37 bits per heavy atom. The number of thiazole rings is 1. The molecular weight excluding hydrogens is 775 g/mol. The van der Waals surface area contributed by atoms with E-state index < -0.39 is 11.9 Å². The number of hydrogen-bond donors (Lipinski definition) is 3. The second-order valence-corrected chi connectivity index (χ2v) is 20.0. The highest BCUT2D eigenvalue weighted by molar-refractivity contribution is 7.22. The summed E-state index contributed by atoms with van der Waals surface area (Å²) in [5.41, 5.74) is 6.14. The first-order valence-electron chi connectivity index (χ1n) is 21.6. The van der Waals surface area contributed by atoms with E-state index in [-0.39, 0.29) is 33.9 Å². The number of aromatic nitrogens is 6. The number of carboxylic acids is 2. The number of aliphatic carboxylic acids is 1. The van der Waals surface area contributed by atoms with Crippen LogP contribution in [0.2, 0.25) is 0 Å². The molecule has 3 N–H and O–H groups in total. The van der Waals surface area contributed by atoms with E-state index in [2.05, 4.69) is 47.0 Å². The van der Waals surface area contributed by atoms with E-state index in [0.717, 1.165) is 82.9 Å². The smallest absolute Gasteiger partial charge is 0.355 e. The third kappa shape index (κ3) is 7.88. The number of nitrogens with one attached hydrogen (secondary N) is 1. The topological polar surface area (TPSA) is 162 Å². The van der Waals surface area contributed by atoms with Gasteiger partial charge in [-0.05, 0) is 138 Å². The van der Waals surface area contributed by atoms with Crippen molar-refractivity contribution >= 4 is 56.1 Å². The molecule has 4 aliphatic carbocycles. The molecule has 1 aliphatic heterocycles. The zero-order chi connectivity index (χ0) is 42.6. The standard InChI is InChI=1S/C44H53N9O4S.C2H6/c1-27-29-10-8-17-52(38(29)50-49-37(27)48-40-46-32-11-6-7-12-33(32)58-40)34-14-13-30(36(47-34)39(56)57)31-18-45-53(28(31)2)26-44-23-41(3)20-42(4,24-44)22-43(21-41,25-44)15-9-16-51(5)19-35(54)55;1-2/h6-7,11-14,18H,8-10,15-17,19-26H2,1-5H3,(H,54,55)(H,56,57)(H,46,48,49);1-2H3. The van der Waals surface area contributed by atoms with Crippen molar-refractivity contribution in [2.75, 3.05) is 36.9 Å². The number of nitrogens with zero attached hydrogens (tertiary/aromatic N) is 8. The van der Waals surface area contributed by atoms with Crippen LogP contribution in [0.25, 0.3) is 21.3 Å². The first-order chi connectivity index (χ1) is 28.6. The number of carboxylic acid groups (broad SMARTS) is 2. The van der Waals surface area contributed by atoms with Gasteiger partial charge < -0.3 is 20.4 Å². The van der Waals surface area contributed by atoms with Gasteiger partial charge in [-0.1, -0.05) is 51.2 Å². The van der Waals surface area contributed by atoms with Crippen molar-refractivity contribution in [1.82, 2.24) is 34.8 Å². The van der Waals surface area contributed by atoms with Gasteiger partial charge in [0, 0.05) is 41.0 Å². The number of anilines is 4. The van der Waals surface area contributed by atoms with E-state index >= 15 is 0 Å². The summed E-state index contributed by atoms with van der Waals surface area (Å²) in [5.74, 6) is 0.0188. The van der Waals surface area contributed by atoms with Crippen molar-refractivity contribution in [3.05, 3.63) is 65.1 Å². The number of para-hydroxylation sites is 1. The minimum atomic E-state index is -1.09. The molecule has 0 saturated heterocycles. The van der Waals surface area contributed by atoms with E-state index in [1.807, 2.05) is 74.1 Å². The summed E-state index contributed by atoms with van der Waals surface area (Å²) >= 11 is 1.57. The van der Waals surface area contributed by atoms with Gasteiger partial charge in [0.1, 0.15) is 5.82 Å². The predicted molar refractivity (Wildman–Crippen MR) is 237 cm³/mol. The maximum absolute atomic E-state index is 12.9. The van der Waals surface area contributed by atoms with Gasteiger partial charge in [0.25, 0.3) is 0 Å². The van der Waals surface area contributed by atoms with Crippen molar-refractivity contribution < 1.29 is 19.8 Å². The van der Waals surface area contributed by atoms with Crippen LogP contribution in [0.1, 0.15) is 113 Å². The van der Waals surface area contributed by atoms with E-state index in [1.54, 1.807) is 11.3 Å². The van der Waals surface area contributed by atoms with Crippen molar-refractivity contribution in [3.8, 4) is 11.1 Å². The zero-order valence-electron chi connectivity index (χ0n) is 36.1. The highest BCUT2D eigenvalue weighted by atomic mass is 32.1. The van der Waals surface area contributed by atoms with Crippen LogP contribution in [0.15, 0.2) is 42.6 Å². The average molecular weight is 834 g/mol.